The third-order valence-corrected chi connectivity index (χ3v) is 3.49. The maximum Gasteiger partial charge on any atom is 0.273 e. The molecule has 1 amide bonds. The fraction of sp³-hybridized carbons (Fsp3) is 0.167. The van der Waals surface area contributed by atoms with E-state index in [0.29, 0.717) is 11.3 Å². The highest BCUT2D eigenvalue weighted by Gasteiger charge is 2.15. The SMILES string of the molecule is O=C(NC[C@@H](O)c1cccnc1)c1coc(COc2ccc(F)cc2)n1. The molecule has 0 radical (unpaired) electrons. The van der Waals surface area contributed by atoms with Gasteiger partial charge in [0.1, 0.15) is 17.8 Å². The van der Waals surface area contributed by atoms with Crippen LogP contribution in [0.25, 0.3) is 0 Å². The van der Waals surface area contributed by atoms with Crippen LogP contribution < -0.4 is 10.1 Å². The third-order valence-electron chi connectivity index (χ3n) is 3.49. The van der Waals surface area contributed by atoms with Crippen molar-refractivity contribution in [3.63, 3.8) is 0 Å². The molecule has 0 fully saturated rings. The molecule has 2 N–H and O–H groups in total. The molecule has 0 spiro atoms. The minimum atomic E-state index is -0.874. The summed E-state index contributed by atoms with van der Waals surface area (Å²) < 4.78 is 23.4. The van der Waals surface area contributed by atoms with E-state index < -0.39 is 12.0 Å². The minimum Gasteiger partial charge on any atom is -0.484 e. The van der Waals surface area contributed by atoms with Crippen molar-refractivity contribution in [1.29, 1.82) is 0 Å². The molecule has 2 heterocycles. The van der Waals surface area contributed by atoms with Crippen molar-refractivity contribution in [2.75, 3.05) is 6.54 Å². The number of hydrogen-bond donors (Lipinski definition) is 2. The molecule has 0 unspecified atom stereocenters. The van der Waals surface area contributed by atoms with Crippen molar-refractivity contribution in [2.24, 2.45) is 0 Å². The van der Waals surface area contributed by atoms with E-state index in [1.54, 1.807) is 18.3 Å². The van der Waals surface area contributed by atoms with Crippen molar-refractivity contribution < 1.29 is 23.4 Å². The second-order valence-corrected chi connectivity index (χ2v) is 5.38. The van der Waals surface area contributed by atoms with Gasteiger partial charge in [0.25, 0.3) is 5.91 Å². The van der Waals surface area contributed by atoms with E-state index in [-0.39, 0.29) is 30.6 Å². The molecule has 0 saturated carbocycles. The highest BCUT2D eigenvalue weighted by Crippen LogP contribution is 2.14. The third kappa shape index (κ3) is 4.64. The van der Waals surface area contributed by atoms with Crippen molar-refractivity contribution in [3.05, 3.63) is 78.0 Å². The van der Waals surface area contributed by atoms with Crippen LogP contribution in [0.15, 0.2) is 59.5 Å². The van der Waals surface area contributed by atoms with Gasteiger partial charge in [-0.15, -0.1) is 0 Å². The summed E-state index contributed by atoms with van der Waals surface area (Å²) in [6.45, 7) is 0.00994. The summed E-state index contributed by atoms with van der Waals surface area (Å²) in [5.41, 5.74) is 0.669. The van der Waals surface area contributed by atoms with E-state index in [1.807, 2.05) is 0 Å². The Bertz CT molecular complexity index is 852. The molecule has 0 aliphatic rings. The molecular formula is C18H16FN3O4. The number of aliphatic hydroxyl groups excluding tert-OH is 1. The van der Waals surface area contributed by atoms with Crippen molar-refractivity contribution in [1.82, 2.24) is 15.3 Å². The van der Waals surface area contributed by atoms with Gasteiger partial charge in [-0.25, -0.2) is 9.37 Å². The number of nitrogens with one attached hydrogen (secondary N) is 1. The maximum absolute atomic E-state index is 12.8. The first kappa shape index (κ1) is 17.6. The van der Waals surface area contributed by atoms with Crippen LogP contribution in [0.4, 0.5) is 4.39 Å². The van der Waals surface area contributed by atoms with Crippen molar-refractivity contribution in [3.8, 4) is 5.75 Å². The van der Waals surface area contributed by atoms with Crippen molar-refractivity contribution in [2.45, 2.75) is 12.7 Å². The Kier molecular flexibility index (Phi) is 5.55. The second-order valence-electron chi connectivity index (χ2n) is 5.38. The van der Waals surface area contributed by atoms with Crippen LogP contribution in [0.2, 0.25) is 0 Å². The van der Waals surface area contributed by atoms with E-state index in [9.17, 15) is 14.3 Å². The molecule has 3 rings (SSSR count). The largest absolute Gasteiger partial charge is 0.484 e. The van der Waals surface area contributed by atoms with Gasteiger partial charge in [-0.05, 0) is 30.3 Å². The van der Waals surface area contributed by atoms with E-state index in [1.165, 1.54) is 36.7 Å². The summed E-state index contributed by atoms with van der Waals surface area (Å²) in [4.78, 5) is 20.0. The lowest BCUT2D eigenvalue weighted by Crippen LogP contribution is -2.28. The van der Waals surface area contributed by atoms with Crippen LogP contribution in [0.3, 0.4) is 0 Å². The molecule has 0 aliphatic heterocycles. The first-order chi connectivity index (χ1) is 12.6. The standard InChI is InChI=1S/C18H16FN3O4/c19-13-3-5-14(6-4-13)25-11-17-22-15(10-26-17)18(24)21-9-16(23)12-2-1-7-20-8-12/h1-8,10,16,23H,9,11H2,(H,21,24)/t16-/m1/s1. The smallest absolute Gasteiger partial charge is 0.273 e. The lowest BCUT2D eigenvalue weighted by Gasteiger charge is -2.10. The Labute approximate surface area is 148 Å². The number of oxazole rings is 1. The van der Waals surface area contributed by atoms with E-state index >= 15 is 0 Å². The monoisotopic (exact) mass is 357 g/mol. The molecule has 8 heteroatoms. The number of halogens is 1. The lowest BCUT2D eigenvalue weighted by atomic mass is 10.1. The van der Waals surface area contributed by atoms with E-state index in [0.717, 1.165) is 0 Å². The summed E-state index contributed by atoms with van der Waals surface area (Å²) in [7, 11) is 0. The van der Waals surface area contributed by atoms with E-state index in [2.05, 4.69) is 15.3 Å². The quantitative estimate of drug-likeness (QED) is 0.673. The van der Waals surface area contributed by atoms with Crippen LogP contribution >= 0.6 is 0 Å². The van der Waals surface area contributed by atoms with Gasteiger partial charge in [-0.1, -0.05) is 6.07 Å². The number of amides is 1. The lowest BCUT2D eigenvalue weighted by molar-refractivity contribution is 0.0911. The molecule has 3 aromatic rings. The molecule has 26 heavy (non-hydrogen) atoms. The summed E-state index contributed by atoms with van der Waals surface area (Å²) in [6.07, 6.45) is 3.45. The second kappa shape index (κ2) is 8.21. The zero-order valence-electron chi connectivity index (χ0n) is 13.6. The van der Waals surface area contributed by atoms with Crippen LogP contribution in [-0.4, -0.2) is 27.5 Å². The summed E-state index contributed by atoms with van der Waals surface area (Å²) in [5.74, 6) is -0.187. The molecular weight excluding hydrogens is 341 g/mol. The number of aromatic nitrogens is 2. The van der Waals surface area contributed by atoms with Crippen LogP contribution in [0, 0.1) is 5.82 Å². The van der Waals surface area contributed by atoms with Crippen molar-refractivity contribution >= 4 is 5.91 Å². The van der Waals surface area contributed by atoms with Gasteiger partial charge in [-0.3, -0.25) is 9.78 Å². The fourth-order valence-electron chi connectivity index (χ4n) is 2.13. The average Bonchev–Trinajstić information content (AvgIpc) is 3.15. The number of pyridine rings is 1. The highest BCUT2D eigenvalue weighted by atomic mass is 19.1. The number of carbonyl (C=O) groups is 1. The van der Waals surface area contributed by atoms with Crippen LogP contribution in [0.5, 0.6) is 5.75 Å². The Morgan fingerprint density at radius 1 is 1.31 bits per heavy atom. The van der Waals surface area contributed by atoms with Gasteiger partial charge >= 0.3 is 0 Å². The van der Waals surface area contributed by atoms with Gasteiger partial charge < -0.3 is 19.6 Å². The average molecular weight is 357 g/mol. The highest BCUT2D eigenvalue weighted by molar-refractivity contribution is 5.91. The molecule has 1 aromatic carbocycles. The number of rotatable bonds is 7. The normalized spacial score (nSPS) is 11.8. The van der Waals surface area contributed by atoms with Crippen LogP contribution in [-0.2, 0) is 6.61 Å². The van der Waals surface area contributed by atoms with Gasteiger partial charge in [0, 0.05) is 24.5 Å². The van der Waals surface area contributed by atoms with Crippen LogP contribution in [0.1, 0.15) is 28.0 Å². The predicted octanol–water partition coefficient (Wildman–Crippen LogP) is 2.25. The zero-order valence-corrected chi connectivity index (χ0v) is 13.6. The minimum absolute atomic E-state index is 0.00276. The topological polar surface area (TPSA) is 97.5 Å². The summed E-state index contributed by atoms with van der Waals surface area (Å²) >= 11 is 0. The summed E-state index contributed by atoms with van der Waals surface area (Å²) in [6, 6.07) is 8.92. The van der Waals surface area contributed by atoms with Gasteiger partial charge in [0.2, 0.25) is 5.89 Å². The van der Waals surface area contributed by atoms with E-state index in [4.69, 9.17) is 9.15 Å². The molecule has 0 bridgehead atoms. The zero-order chi connectivity index (χ0) is 18.4. The molecule has 0 saturated heterocycles. The molecule has 1 atom stereocenters. The molecule has 2 aromatic heterocycles. The number of nitrogens with zero attached hydrogens (tertiary/aromatic N) is 2. The Hall–Kier alpha value is -3.26. The first-order valence-corrected chi connectivity index (χ1v) is 7.81. The Morgan fingerprint density at radius 3 is 2.85 bits per heavy atom. The fourth-order valence-corrected chi connectivity index (χ4v) is 2.13. The number of carbonyl (C=O) groups excluding carboxylic acids is 1. The number of ether oxygens (including phenoxy) is 1. The number of benzene rings is 1. The maximum atomic E-state index is 12.8. The summed E-state index contributed by atoms with van der Waals surface area (Å²) in [5, 5.41) is 12.6. The van der Waals surface area contributed by atoms with Gasteiger partial charge in [-0.2, -0.15) is 0 Å². The number of aliphatic hydroxyl groups is 1. The Morgan fingerprint density at radius 2 is 2.12 bits per heavy atom. The first-order valence-electron chi connectivity index (χ1n) is 7.81. The van der Waals surface area contributed by atoms with Gasteiger partial charge in [0.05, 0.1) is 6.10 Å². The predicted molar refractivity (Wildman–Crippen MR) is 88.8 cm³/mol. The van der Waals surface area contributed by atoms with Gasteiger partial charge in [0.15, 0.2) is 12.3 Å². The molecule has 134 valence electrons. The number of hydrogen-bond acceptors (Lipinski definition) is 6. The molecule has 0 aliphatic carbocycles. The molecule has 7 nitrogen and oxygen atoms in total. The Balaban J connectivity index is 1.50.